The van der Waals surface area contributed by atoms with Gasteiger partial charge in [-0.15, -0.1) is 0 Å². The van der Waals surface area contributed by atoms with Gasteiger partial charge in [-0.2, -0.15) is 8.42 Å². The van der Waals surface area contributed by atoms with Crippen LogP contribution in [0.1, 0.15) is 16.7 Å². The van der Waals surface area contributed by atoms with Gasteiger partial charge in [0.1, 0.15) is 10.6 Å². The van der Waals surface area contributed by atoms with E-state index in [1.165, 1.54) is 12.1 Å². The Hall–Kier alpha value is -3.47. The molecule has 0 saturated carbocycles. The van der Waals surface area contributed by atoms with Crippen molar-refractivity contribution in [1.29, 1.82) is 0 Å². The van der Waals surface area contributed by atoms with Crippen LogP contribution < -0.4 is 4.18 Å². The largest absolute Gasteiger partial charge is 0.379 e. The number of hydrogen-bond donors (Lipinski definition) is 0. The molecule has 0 spiro atoms. The van der Waals surface area contributed by atoms with Crippen LogP contribution in [0.4, 0.5) is 0 Å². The van der Waals surface area contributed by atoms with Crippen LogP contribution in [-0.2, 0) is 10.1 Å². The zero-order chi connectivity index (χ0) is 19.1. The van der Waals surface area contributed by atoms with Gasteiger partial charge in [-0.3, -0.25) is 0 Å². The van der Waals surface area contributed by atoms with Gasteiger partial charge in [0.15, 0.2) is 0 Å². The second-order valence-electron chi connectivity index (χ2n) is 5.74. The van der Waals surface area contributed by atoms with Crippen molar-refractivity contribution >= 4 is 10.1 Å². The van der Waals surface area contributed by atoms with E-state index in [-0.39, 0.29) is 10.6 Å². The summed E-state index contributed by atoms with van der Waals surface area (Å²) in [5, 5.41) is 0. The average Bonchev–Trinajstić information content (AvgIpc) is 2.67. The Labute approximate surface area is 159 Å². The Morgan fingerprint density at radius 3 is 1.85 bits per heavy atom. The molecule has 4 heteroatoms. The SMILES string of the molecule is Cc1ccc(S(=O)(=O)Oc2ccc(C#CC#Cc3ccccc3)cc2)cc1. The summed E-state index contributed by atoms with van der Waals surface area (Å²) in [6.07, 6.45) is 0. The molecule has 0 aliphatic heterocycles. The van der Waals surface area contributed by atoms with E-state index in [4.69, 9.17) is 4.18 Å². The van der Waals surface area contributed by atoms with Crippen LogP contribution in [-0.4, -0.2) is 8.42 Å². The smallest absolute Gasteiger partial charge is 0.339 e. The average molecular weight is 372 g/mol. The third-order valence-electron chi connectivity index (χ3n) is 3.62. The summed E-state index contributed by atoms with van der Waals surface area (Å²) < 4.78 is 29.7. The normalized spacial score (nSPS) is 10.1. The van der Waals surface area contributed by atoms with E-state index in [0.717, 1.165) is 16.7 Å². The van der Waals surface area contributed by atoms with E-state index in [9.17, 15) is 8.42 Å². The number of hydrogen-bond acceptors (Lipinski definition) is 3. The molecule has 0 fully saturated rings. The van der Waals surface area contributed by atoms with Gasteiger partial charge >= 0.3 is 10.1 Å². The molecule has 3 nitrogen and oxygen atoms in total. The van der Waals surface area contributed by atoms with Crippen LogP contribution in [0.3, 0.4) is 0 Å². The predicted molar refractivity (Wildman–Crippen MR) is 106 cm³/mol. The molecule has 0 saturated heterocycles. The van der Waals surface area contributed by atoms with Gasteiger partial charge < -0.3 is 4.18 Å². The van der Waals surface area contributed by atoms with Crippen LogP contribution in [0, 0.1) is 30.6 Å². The van der Waals surface area contributed by atoms with Gasteiger partial charge in [0.25, 0.3) is 0 Å². The first-order valence-electron chi connectivity index (χ1n) is 8.21. The van der Waals surface area contributed by atoms with Gasteiger partial charge in [0.2, 0.25) is 0 Å². The van der Waals surface area contributed by atoms with Crippen LogP contribution in [0.25, 0.3) is 0 Å². The van der Waals surface area contributed by atoms with Crippen molar-refractivity contribution in [1.82, 2.24) is 0 Å². The van der Waals surface area contributed by atoms with Gasteiger partial charge in [0.05, 0.1) is 0 Å². The quantitative estimate of drug-likeness (QED) is 0.512. The minimum absolute atomic E-state index is 0.119. The molecule has 3 rings (SSSR count). The maximum atomic E-state index is 12.3. The third-order valence-corrected chi connectivity index (χ3v) is 4.88. The molecule has 0 bridgehead atoms. The molecule has 0 amide bonds. The zero-order valence-corrected chi connectivity index (χ0v) is 15.5. The molecule has 3 aromatic carbocycles. The van der Waals surface area contributed by atoms with E-state index in [1.54, 1.807) is 36.4 Å². The molecule has 0 unspecified atom stereocenters. The molecular formula is C23H16O3S. The van der Waals surface area contributed by atoms with E-state index < -0.39 is 10.1 Å². The van der Waals surface area contributed by atoms with E-state index in [2.05, 4.69) is 23.7 Å². The molecule has 132 valence electrons. The fraction of sp³-hybridized carbons (Fsp3) is 0.0435. The van der Waals surface area contributed by atoms with E-state index in [0.29, 0.717) is 0 Å². The lowest BCUT2D eigenvalue weighted by atomic mass is 10.2. The summed E-state index contributed by atoms with van der Waals surface area (Å²) in [6.45, 7) is 1.89. The van der Waals surface area contributed by atoms with Crippen molar-refractivity contribution in [3.63, 3.8) is 0 Å². The molecule has 0 N–H and O–H groups in total. The summed E-state index contributed by atoms with van der Waals surface area (Å²) in [5.41, 5.74) is 2.60. The van der Waals surface area contributed by atoms with Crippen LogP contribution in [0.2, 0.25) is 0 Å². The summed E-state index contributed by atoms with van der Waals surface area (Å²) in [6, 6.07) is 22.6. The van der Waals surface area contributed by atoms with Crippen LogP contribution in [0.15, 0.2) is 83.8 Å². The molecule has 0 aromatic heterocycles. The Balaban J connectivity index is 1.68. The second-order valence-corrected chi connectivity index (χ2v) is 7.29. The van der Waals surface area contributed by atoms with Crippen molar-refractivity contribution in [3.8, 4) is 29.4 Å². The summed E-state index contributed by atoms with van der Waals surface area (Å²) in [5.74, 6) is 11.7. The Morgan fingerprint density at radius 1 is 0.704 bits per heavy atom. The third kappa shape index (κ3) is 5.25. The highest BCUT2D eigenvalue weighted by molar-refractivity contribution is 7.87. The summed E-state index contributed by atoms with van der Waals surface area (Å²) in [7, 11) is -3.85. The highest BCUT2D eigenvalue weighted by Gasteiger charge is 2.16. The Morgan fingerprint density at radius 2 is 1.26 bits per heavy atom. The topological polar surface area (TPSA) is 43.4 Å². The van der Waals surface area contributed by atoms with Gasteiger partial charge in [-0.1, -0.05) is 47.7 Å². The van der Waals surface area contributed by atoms with Gasteiger partial charge in [0, 0.05) is 11.1 Å². The first-order chi connectivity index (χ1) is 13.0. The summed E-state index contributed by atoms with van der Waals surface area (Å²) in [4.78, 5) is 0.119. The van der Waals surface area contributed by atoms with Crippen molar-refractivity contribution in [3.05, 3.63) is 95.6 Å². The second kappa shape index (κ2) is 8.27. The fourth-order valence-electron chi connectivity index (χ4n) is 2.20. The lowest BCUT2D eigenvalue weighted by Crippen LogP contribution is -2.09. The minimum atomic E-state index is -3.85. The minimum Gasteiger partial charge on any atom is -0.379 e. The molecule has 0 heterocycles. The van der Waals surface area contributed by atoms with Crippen molar-refractivity contribution in [2.24, 2.45) is 0 Å². The van der Waals surface area contributed by atoms with E-state index >= 15 is 0 Å². The number of benzene rings is 3. The van der Waals surface area contributed by atoms with Crippen molar-refractivity contribution in [2.75, 3.05) is 0 Å². The monoisotopic (exact) mass is 372 g/mol. The van der Waals surface area contributed by atoms with Gasteiger partial charge in [-0.25, -0.2) is 0 Å². The first-order valence-corrected chi connectivity index (χ1v) is 9.62. The standard InChI is InChI=1S/C23H16O3S/c1-19-11-17-23(18-12-19)27(24,25)26-22-15-13-21(14-16-22)10-6-5-9-20-7-3-2-4-8-20/h2-4,7-8,11-18H,1H3. The van der Waals surface area contributed by atoms with E-state index in [1.807, 2.05) is 37.3 Å². The molecular weight excluding hydrogens is 356 g/mol. The first kappa shape index (κ1) is 18.3. The van der Waals surface area contributed by atoms with Crippen molar-refractivity contribution < 1.29 is 12.6 Å². The summed E-state index contributed by atoms with van der Waals surface area (Å²) >= 11 is 0. The molecule has 0 radical (unpaired) electrons. The highest BCUT2D eigenvalue weighted by atomic mass is 32.2. The lowest BCUT2D eigenvalue weighted by molar-refractivity contribution is 0.486. The molecule has 0 aliphatic rings. The lowest BCUT2D eigenvalue weighted by Gasteiger charge is -2.07. The number of aryl methyl sites for hydroxylation is 1. The molecule has 27 heavy (non-hydrogen) atoms. The van der Waals surface area contributed by atoms with Crippen LogP contribution >= 0.6 is 0 Å². The predicted octanol–water partition coefficient (Wildman–Crippen LogP) is 4.17. The Bertz CT molecular complexity index is 1140. The fourth-order valence-corrected chi connectivity index (χ4v) is 3.13. The van der Waals surface area contributed by atoms with Crippen molar-refractivity contribution in [2.45, 2.75) is 11.8 Å². The Kier molecular flexibility index (Phi) is 5.61. The highest BCUT2D eigenvalue weighted by Crippen LogP contribution is 2.19. The molecule has 0 atom stereocenters. The maximum absolute atomic E-state index is 12.3. The van der Waals surface area contributed by atoms with Crippen LogP contribution in [0.5, 0.6) is 5.75 Å². The van der Waals surface area contributed by atoms with Gasteiger partial charge in [-0.05, 0) is 67.3 Å². The molecule has 0 aliphatic carbocycles. The maximum Gasteiger partial charge on any atom is 0.339 e. The number of rotatable bonds is 3. The molecule has 3 aromatic rings. The zero-order valence-electron chi connectivity index (χ0n) is 14.6.